The van der Waals surface area contributed by atoms with E-state index >= 15 is 0 Å². The highest BCUT2D eigenvalue weighted by atomic mass is 32.1. The highest BCUT2D eigenvalue weighted by Crippen LogP contribution is 1.97. The van der Waals surface area contributed by atoms with Gasteiger partial charge in [-0.2, -0.15) is 0 Å². The molecule has 0 aromatic heterocycles. The predicted molar refractivity (Wildman–Crippen MR) is 62.3 cm³/mol. The Morgan fingerprint density at radius 2 is 2.07 bits per heavy atom. The predicted octanol–water partition coefficient (Wildman–Crippen LogP) is 2.57. The molecule has 0 unspecified atom stereocenters. The molecule has 0 heterocycles. The minimum absolute atomic E-state index is 0.218. The quantitative estimate of drug-likeness (QED) is 0.454. The Balaban J connectivity index is 2.42. The maximum atomic E-state index is 8.95. The van der Waals surface area contributed by atoms with Crippen LogP contribution in [0.1, 0.15) is 12.5 Å². The molecule has 0 amide bonds. The van der Waals surface area contributed by atoms with Gasteiger partial charge in [-0.1, -0.05) is 42.5 Å². The smallest absolute Gasteiger partial charge is 0.102 e. The van der Waals surface area contributed by atoms with Crippen LogP contribution in [0.3, 0.4) is 0 Å². The van der Waals surface area contributed by atoms with Crippen LogP contribution in [0.4, 0.5) is 0 Å². The zero-order valence-corrected chi connectivity index (χ0v) is 8.84. The Morgan fingerprint density at radius 1 is 1.43 bits per heavy atom. The number of thiocarbonyl (C=S) groups is 1. The molecule has 0 aliphatic rings. The average Bonchev–Trinajstić information content (AvgIpc) is 2.15. The molecule has 0 aliphatic carbocycles. The molecule has 0 fully saturated rings. The summed E-state index contributed by atoms with van der Waals surface area (Å²) in [6.07, 6.45) is 1.53. The molecule has 2 nitrogen and oxygen atoms in total. The lowest BCUT2D eigenvalue weighted by Crippen LogP contribution is -2.18. The molecule has 1 rings (SSSR count). The Hall–Kier alpha value is -1.35. The first kappa shape index (κ1) is 10.7. The molecule has 0 aliphatic heterocycles. The van der Waals surface area contributed by atoms with Crippen LogP contribution < -0.4 is 5.32 Å². The summed E-state index contributed by atoms with van der Waals surface area (Å²) in [5.74, 6) is 0.218. The van der Waals surface area contributed by atoms with Gasteiger partial charge in [0.15, 0.2) is 0 Å². The Kier molecular flexibility index (Phi) is 4.13. The third-order valence-corrected chi connectivity index (χ3v) is 1.91. The molecule has 74 valence electrons. The van der Waals surface area contributed by atoms with Crippen LogP contribution >= 0.6 is 12.2 Å². The van der Waals surface area contributed by atoms with Crippen LogP contribution in [0.15, 0.2) is 42.2 Å². The molecular weight excluding hydrogens is 194 g/mol. The largest absolute Gasteiger partial charge is 0.513 e. The van der Waals surface area contributed by atoms with Crippen LogP contribution in [-0.4, -0.2) is 10.1 Å². The number of hydrogen-bond acceptors (Lipinski definition) is 2. The summed E-state index contributed by atoms with van der Waals surface area (Å²) in [6, 6.07) is 9.97. The third-order valence-electron chi connectivity index (χ3n) is 1.65. The molecule has 0 saturated carbocycles. The van der Waals surface area contributed by atoms with E-state index in [4.69, 9.17) is 17.3 Å². The minimum Gasteiger partial charge on any atom is -0.513 e. The summed E-state index contributed by atoms with van der Waals surface area (Å²) in [4.78, 5) is 0.550. The summed E-state index contributed by atoms with van der Waals surface area (Å²) in [5.41, 5.74) is 1.17. The third kappa shape index (κ3) is 4.05. The number of aliphatic hydroxyl groups is 1. The van der Waals surface area contributed by atoms with Gasteiger partial charge in [0.2, 0.25) is 0 Å². The maximum absolute atomic E-state index is 8.95. The molecule has 14 heavy (non-hydrogen) atoms. The maximum Gasteiger partial charge on any atom is 0.102 e. The summed E-state index contributed by atoms with van der Waals surface area (Å²) >= 11 is 4.98. The molecule has 0 atom stereocenters. The van der Waals surface area contributed by atoms with Crippen molar-refractivity contribution in [2.24, 2.45) is 0 Å². The Bertz CT molecular complexity index is 328. The second kappa shape index (κ2) is 5.40. The van der Waals surface area contributed by atoms with E-state index < -0.39 is 0 Å². The van der Waals surface area contributed by atoms with Gasteiger partial charge in [0, 0.05) is 12.6 Å². The molecule has 0 bridgehead atoms. The van der Waals surface area contributed by atoms with Gasteiger partial charge in [-0.05, 0) is 12.5 Å². The zero-order chi connectivity index (χ0) is 10.4. The van der Waals surface area contributed by atoms with E-state index in [0.29, 0.717) is 11.5 Å². The Labute approximate surface area is 89.3 Å². The number of nitrogens with one attached hydrogen (secondary N) is 1. The van der Waals surface area contributed by atoms with Crippen molar-refractivity contribution in [1.82, 2.24) is 5.32 Å². The van der Waals surface area contributed by atoms with E-state index in [1.165, 1.54) is 11.6 Å². The zero-order valence-electron chi connectivity index (χ0n) is 8.03. The second-order valence-corrected chi connectivity index (χ2v) is 3.43. The standard InChI is InChI=1S/C11H13NOS/c1-9(13)7-11(14)12-8-10-5-3-2-4-6-10/h2-7,13H,8H2,1H3,(H,12,14)/b9-7-. The number of benzene rings is 1. The molecule has 0 saturated heterocycles. The monoisotopic (exact) mass is 207 g/mol. The van der Waals surface area contributed by atoms with E-state index in [1.807, 2.05) is 30.3 Å². The molecule has 1 aromatic carbocycles. The minimum atomic E-state index is 0.218. The van der Waals surface area contributed by atoms with Gasteiger partial charge in [-0.3, -0.25) is 0 Å². The molecule has 2 N–H and O–H groups in total. The van der Waals surface area contributed by atoms with Crippen molar-refractivity contribution in [3.05, 3.63) is 47.7 Å². The van der Waals surface area contributed by atoms with Crippen LogP contribution in [0, 0.1) is 0 Å². The Morgan fingerprint density at radius 3 is 2.64 bits per heavy atom. The highest BCUT2D eigenvalue weighted by molar-refractivity contribution is 7.80. The fraction of sp³-hybridized carbons (Fsp3) is 0.182. The van der Waals surface area contributed by atoms with Gasteiger partial charge in [0.25, 0.3) is 0 Å². The van der Waals surface area contributed by atoms with Crippen molar-refractivity contribution in [1.29, 1.82) is 0 Å². The summed E-state index contributed by atoms with van der Waals surface area (Å²) in [5, 5.41) is 12.0. The lowest BCUT2D eigenvalue weighted by Gasteiger charge is -2.04. The van der Waals surface area contributed by atoms with E-state index in [2.05, 4.69) is 5.32 Å². The van der Waals surface area contributed by atoms with Gasteiger partial charge in [0.1, 0.15) is 4.99 Å². The second-order valence-electron chi connectivity index (χ2n) is 2.99. The first-order chi connectivity index (χ1) is 6.68. The fourth-order valence-electron chi connectivity index (χ4n) is 1.03. The van der Waals surface area contributed by atoms with Gasteiger partial charge < -0.3 is 10.4 Å². The van der Waals surface area contributed by atoms with E-state index in [-0.39, 0.29) is 5.76 Å². The van der Waals surface area contributed by atoms with E-state index in [9.17, 15) is 0 Å². The van der Waals surface area contributed by atoms with Crippen LogP contribution in [0.2, 0.25) is 0 Å². The number of aliphatic hydroxyl groups excluding tert-OH is 1. The van der Waals surface area contributed by atoms with Crippen molar-refractivity contribution < 1.29 is 5.11 Å². The van der Waals surface area contributed by atoms with Crippen molar-refractivity contribution >= 4 is 17.2 Å². The SMILES string of the molecule is C/C(O)=C/C(=S)NCc1ccccc1. The molecule has 3 heteroatoms. The summed E-state index contributed by atoms with van der Waals surface area (Å²) in [6.45, 7) is 2.28. The number of allylic oxidation sites excluding steroid dienone is 1. The van der Waals surface area contributed by atoms with Crippen LogP contribution in [0.5, 0.6) is 0 Å². The van der Waals surface area contributed by atoms with E-state index in [0.717, 1.165) is 0 Å². The normalized spacial score (nSPS) is 11.1. The molecule has 0 spiro atoms. The average molecular weight is 207 g/mol. The first-order valence-corrected chi connectivity index (χ1v) is 4.78. The summed E-state index contributed by atoms with van der Waals surface area (Å²) < 4.78 is 0. The van der Waals surface area contributed by atoms with Crippen molar-refractivity contribution in [2.75, 3.05) is 0 Å². The first-order valence-electron chi connectivity index (χ1n) is 4.37. The molecule has 1 aromatic rings. The van der Waals surface area contributed by atoms with E-state index in [1.54, 1.807) is 6.92 Å². The number of hydrogen-bond donors (Lipinski definition) is 2. The fourth-order valence-corrected chi connectivity index (χ4v) is 1.27. The van der Waals surface area contributed by atoms with Gasteiger partial charge >= 0.3 is 0 Å². The van der Waals surface area contributed by atoms with Crippen LogP contribution in [0.25, 0.3) is 0 Å². The van der Waals surface area contributed by atoms with Gasteiger partial charge in [-0.25, -0.2) is 0 Å². The lowest BCUT2D eigenvalue weighted by atomic mass is 10.2. The van der Waals surface area contributed by atoms with Gasteiger partial charge in [0.05, 0.1) is 5.76 Å². The van der Waals surface area contributed by atoms with Crippen molar-refractivity contribution in [3.63, 3.8) is 0 Å². The molecule has 0 radical (unpaired) electrons. The van der Waals surface area contributed by atoms with Gasteiger partial charge in [-0.15, -0.1) is 0 Å². The lowest BCUT2D eigenvalue weighted by molar-refractivity contribution is 0.415. The summed E-state index contributed by atoms with van der Waals surface area (Å²) in [7, 11) is 0. The van der Waals surface area contributed by atoms with Crippen LogP contribution in [-0.2, 0) is 6.54 Å². The van der Waals surface area contributed by atoms with Crippen molar-refractivity contribution in [2.45, 2.75) is 13.5 Å². The highest BCUT2D eigenvalue weighted by Gasteiger charge is 1.93. The number of rotatable bonds is 3. The topological polar surface area (TPSA) is 32.3 Å². The van der Waals surface area contributed by atoms with Crippen molar-refractivity contribution in [3.8, 4) is 0 Å². The molecular formula is C11H13NOS.